The summed E-state index contributed by atoms with van der Waals surface area (Å²) in [5.74, 6) is 0.500. The smallest absolute Gasteiger partial charge is 0.233 e. The molecule has 7 heteroatoms. The number of carbonyl (C=O) groups excluding carboxylic acids is 1. The highest BCUT2D eigenvalue weighted by molar-refractivity contribution is 8.00. The third-order valence-corrected chi connectivity index (χ3v) is 7.71. The Hall–Kier alpha value is -1.70. The number of nitrogens with zero attached hydrogens (tertiary/aromatic N) is 3. The summed E-state index contributed by atoms with van der Waals surface area (Å²) in [6.45, 7) is 4.99. The van der Waals surface area contributed by atoms with Crippen molar-refractivity contribution >= 4 is 50.6 Å². The van der Waals surface area contributed by atoms with Crippen LogP contribution in [0.5, 0.6) is 0 Å². The molecule has 27 heavy (non-hydrogen) atoms. The zero-order chi connectivity index (χ0) is 18.6. The molecule has 0 N–H and O–H groups in total. The number of thiophene rings is 2. The molecule has 3 aromatic heterocycles. The van der Waals surface area contributed by atoms with Crippen LogP contribution in [-0.2, 0) is 24.2 Å². The summed E-state index contributed by atoms with van der Waals surface area (Å²) in [6.07, 6.45) is 8.15. The van der Waals surface area contributed by atoms with Crippen molar-refractivity contribution in [3.8, 4) is 0 Å². The molecule has 0 saturated heterocycles. The molecule has 0 fully saturated rings. The minimum Gasteiger partial charge on any atom is -0.333 e. The van der Waals surface area contributed by atoms with Crippen molar-refractivity contribution in [1.29, 1.82) is 0 Å². The van der Waals surface area contributed by atoms with Gasteiger partial charge in [-0.1, -0.05) is 23.9 Å². The fourth-order valence-electron chi connectivity index (χ4n) is 3.39. The molecule has 4 rings (SSSR count). The third kappa shape index (κ3) is 4.10. The lowest BCUT2D eigenvalue weighted by atomic mass is 9.97. The second-order valence-electron chi connectivity index (χ2n) is 6.50. The van der Waals surface area contributed by atoms with Crippen molar-refractivity contribution in [1.82, 2.24) is 14.9 Å². The Labute approximate surface area is 171 Å². The van der Waals surface area contributed by atoms with E-state index in [1.165, 1.54) is 45.3 Å². The van der Waals surface area contributed by atoms with Gasteiger partial charge in [0.25, 0.3) is 0 Å². The predicted molar refractivity (Wildman–Crippen MR) is 115 cm³/mol. The molecule has 1 amide bonds. The summed E-state index contributed by atoms with van der Waals surface area (Å²) in [6, 6.07) is 4.08. The minimum absolute atomic E-state index is 0.115. The monoisotopic (exact) mass is 415 g/mol. The van der Waals surface area contributed by atoms with E-state index in [9.17, 15) is 4.79 Å². The standard InChI is InChI=1S/C20H21N3OS3/c1-2-9-23(11-14-6-5-10-25-14)17(24)12-26-19-18-15-7-3-4-8-16(15)27-20(18)22-13-21-19/h2,5-6,10,13H,1,3-4,7-9,11-12H2. The molecule has 0 unspecified atom stereocenters. The Morgan fingerprint density at radius 2 is 2.22 bits per heavy atom. The lowest BCUT2D eigenvalue weighted by molar-refractivity contribution is -0.128. The molecular formula is C20H21N3OS3. The maximum absolute atomic E-state index is 12.8. The Bertz CT molecular complexity index is 949. The Kier molecular flexibility index (Phi) is 5.90. The maximum atomic E-state index is 12.8. The van der Waals surface area contributed by atoms with E-state index in [0.29, 0.717) is 18.8 Å². The van der Waals surface area contributed by atoms with E-state index in [2.05, 4.69) is 22.6 Å². The van der Waals surface area contributed by atoms with Gasteiger partial charge in [0, 0.05) is 21.7 Å². The lowest BCUT2D eigenvalue weighted by Crippen LogP contribution is -2.31. The molecular weight excluding hydrogens is 394 g/mol. The molecule has 140 valence electrons. The summed E-state index contributed by atoms with van der Waals surface area (Å²) in [5, 5.41) is 4.17. The SMILES string of the molecule is C=CCN(Cc1cccs1)C(=O)CSc1ncnc2sc3c(c12)CCCC3. The predicted octanol–water partition coefficient (Wildman–Crippen LogP) is 4.94. The van der Waals surface area contributed by atoms with E-state index >= 15 is 0 Å². The molecule has 4 nitrogen and oxygen atoms in total. The summed E-state index contributed by atoms with van der Waals surface area (Å²) < 4.78 is 0. The second kappa shape index (κ2) is 8.54. The van der Waals surface area contributed by atoms with E-state index in [1.54, 1.807) is 35.1 Å². The number of hydrogen-bond donors (Lipinski definition) is 0. The van der Waals surface area contributed by atoms with Gasteiger partial charge in [0.1, 0.15) is 16.2 Å². The van der Waals surface area contributed by atoms with Crippen LogP contribution in [0.25, 0.3) is 10.2 Å². The van der Waals surface area contributed by atoms with Crippen LogP contribution in [0.2, 0.25) is 0 Å². The van der Waals surface area contributed by atoms with Crippen LogP contribution in [-0.4, -0.2) is 33.1 Å². The van der Waals surface area contributed by atoms with Gasteiger partial charge in [-0.05, 0) is 42.7 Å². The number of thioether (sulfide) groups is 1. The minimum atomic E-state index is 0.115. The Balaban J connectivity index is 1.51. The molecule has 0 aliphatic heterocycles. The zero-order valence-electron chi connectivity index (χ0n) is 15.0. The third-order valence-electron chi connectivity index (χ3n) is 4.68. The van der Waals surface area contributed by atoms with Crippen LogP contribution < -0.4 is 0 Å². The molecule has 0 saturated carbocycles. The summed E-state index contributed by atoms with van der Waals surface area (Å²) in [4.78, 5) is 27.4. The van der Waals surface area contributed by atoms with Crippen LogP contribution in [0.4, 0.5) is 0 Å². The van der Waals surface area contributed by atoms with E-state index in [1.807, 2.05) is 16.3 Å². The number of rotatable bonds is 7. The quantitative estimate of drug-likeness (QED) is 0.312. The van der Waals surface area contributed by atoms with Crippen molar-refractivity contribution in [3.05, 3.63) is 51.8 Å². The van der Waals surface area contributed by atoms with Gasteiger partial charge in [-0.2, -0.15) is 0 Å². The fraction of sp³-hybridized carbons (Fsp3) is 0.350. The van der Waals surface area contributed by atoms with Crippen molar-refractivity contribution < 1.29 is 4.79 Å². The molecule has 1 aliphatic rings. The first-order chi connectivity index (χ1) is 13.3. The van der Waals surface area contributed by atoms with Crippen LogP contribution in [0.15, 0.2) is 41.5 Å². The number of aromatic nitrogens is 2. The number of carbonyl (C=O) groups is 1. The van der Waals surface area contributed by atoms with E-state index in [-0.39, 0.29) is 5.91 Å². The molecule has 0 radical (unpaired) electrons. The highest BCUT2D eigenvalue weighted by Gasteiger charge is 2.21. The first-order valence-electron chi connectivity index (χ1n) is 9.05. The second-order valence-corrected chi connectivity index (χ2v) is 9.58. The van der Waals surface area contributed by atoms with Gasteiger partial charge in [0.05, 0.1) is 12.3 Å². The van der Waals surface area contributed by atoms with Crippen molar-refractivity contribution in [2.45, 2.75) is 37.3 Å². The van der Waals surface area contributed by atoms with E-state index in [0.717, 1.165) is 22.7 Å². The Morgan fingerprint density at radius 3 is 3.04 bits per heavy atom. The molecule has 0 bridgehead atoms. The average molecular weight is 416 g/mol. The summed E-state index contributed by atoms with van der Waals surface area (Å²) in [5.41, 5.74) is 1.42. The van der Waals surface area contributed by atoms with Crippen LogP contribution in [0, 0.1) is 0 Å². The van der Waals surface area contributed by atoms with Gasteiger partial charge in [-0.3, -0.25) is 4.79 Å². The number of amides is 1. The Morgan fingerprint density at radius 1 is 1.33 bits per heavy atom. The molecule has 0 aromatic carbocycles. The van der Waals surface area contributed by atoms with Crippen molar-refractivity contribution in [2.24, 2.45) is 0 Å². The van der Waals surface area contributed by atoms with Crippen molar-refractivity contribution in [3.63, 3.8) is 0 Å². The number of aryl methyl sites for hydroxylation is 2. The average Bonchev–Trinajstić information content (AvgIpc) is 3.33. The number of hydrogen-bond acceptors (Lipinski definition) is 6. The van der Waals surface area contributed by atoms with Gasteiger partial charge in [-0.25, -0.2) is 9.97 Å². The van der Waals surface area contributed by atoms with Gasteiger partial charge in [-0.15, -0.1) is 29.3 Å². The molecule has 3 heterocycles. The highest BCUT2D eigenvalue weighted by atomic mass is 32.2. The van der Waals surface area contributed by atoms with E-state index in [4.69, 9.17) is 0 Å². The molecule has 3 aromatic rings. The van der Waals surface area contributed by atoms with Gasteiger partial charge in [0.2, 0.25) is 5.91 Å². The van der Waals surface area contributed by atoms with Gasteiger partial charge >= 0.3 is 0 Å². The molecule has 0 spiro atoms. The van der Waals surface area contributed by atoms with Gasteiger partial charge in [0.15, 0.2) is 0 Å². The normalized spacial score (nSPS) is 13.5. The van der Waals surface area contributed by atoms with Gasteiger partial charge < -0.3 is 4.90 Å². The van der Waals surface area contributed by atoms with Crippen LogP contribution >= 0.6 is 34.4 Å². The van der Waals surface area contributed by atoms with E-state index < -0.39 is 0 Å². The summed E-state index contributed by atoms with van der Waals surface area (Å²) >= 11 is 5.00. The lowest BCUT2D eigenvalue weighted by Gasteiger charge is -2.20. The van der Waals surface area contributed by atoms with Crippen molar-refractivity contribution in [2.75, 3.05) is 12.3 Å². The topological polar surface area (TPSA) is 46.1 Å². The summed E-state index contributed by atoms with van der Waals surface area (Å²) in [7, 11) is 0. The van der Waals surface area contributed by atoms with Crippen LogP contribution in [0.3, 0.4) is 0 Å². The first-order valence-corrected chi connectivity index (χ1v) is 11.7. The van der Waals surface area contributed by atoms with Crippen LogP contribution in [0.1, 0.15) is 28.2 Å². The molecule has 0 atom stereocenters. The zero-order valence-corrected chi connectivity index (χ0v) is 17.5. The fourth-order valence-corrected chi connectivity index (χ4v) is 6.33. The highest BCUT2D eigenvalue weighted by Crippen LogP contribution is 2.39. The molecule has 1 aliphatic carbocycles. The first kappa shape index (κ1) is 18.7. The maximum Gasteiger partial charge on any atom is 0.233 e. The number of fused-ring (bicyclic) bond motifs is 3. The largest absolute Gasteiger partial charge is 0.333 e.